The summed E-state index contributed by atoms with van der Waals surface area (Å²) >= 11 is 5.61. The number of hydrogen-bond donors (Lipinski definition) is 1. The molecular weight excluding hydrogens is 405 g/mol. The number of hydrogen-bond acceptors (Lipinski definition) is 1. The molecule has 0 unspecified atom stereocenters. The van der Waals surface area contributed by atoms with Gasteiger partial charge in [0.05, 0.1) is 0 Å². The van der Waals surface area contributed by atoms with Crippen LogP contribution in [-0.4, -0.2) is 5.91 Å². The van der Waals surface area contributed by atoms with Crippen LogP contribution >= 0.6 is 38.5 Å². The maximum absolute atomic E-state index is 12.1. The van der Waals surface area contributed by atoms with E-state index < -0.39 is 0 Å². The largest absolute Gasteiger partial charge is 0.322 e. The van der Waals surface area contributed by atoms with Gasteiger partial charge in [0.2, 0.25) is 0 Å². The van der Waals surface area contributed by atoms with E-state index in [1.807, 2.05) is 49.4 Å². The molecule has 0 radical (unpaired) electrons. The van der Waals surface area contributed by atoms with E-state index >= 15 is 0 Å². The van der Waals surface area contributed by atoms with E-state index in [-0.39, 0.29) is 5.91 Å². The quantitative estimate of drug-likeness (QED) is 0.712. The lowest BCUT2D eigenvalue weighted by Crippen LogP contribution is -2.12. The van der Waals surface area contributed by atoms with Gasteiger partial charge >= 0.3 is 0 Å². The zero-order chi connectivity index (χ0) is 13.1. The van der Waals surface area contributed by atoms with Crippen molar-refractivity contribution in [2.24, 2.45) is 0 Å². The number of nitrogens with one attached hydrogen (secondary N) is 1. The van der Waals surface area contributed by atoms with E-state index in [9.17, 15) is 4.79 Å². The Morgan fingerprint density at radius 3 is 2.67 bits per heavy atom. The molecule has 18 heavy (non-hydrogen) atoms. The van der Waals surface area contributed by atoms with Crippen LogP contribution in [0, 0.1) is 10.5 Å². The van der Waals surface area contributed by atoms with Crippen LogP contribution in [0.2, 0.25) is 0 Å². The van der Waals surface area contributed by atoms with Gasteiger partial charge in [0, 0.05) is 19.3 Å². The normalized spacial score (nSPS) is 10.2. The molecule has 0 aromatic heterocycles. The predicted molar refractivity (Wildman–Crippen MR) is 86.0 cm³/mol. The molecule has 0 aliphatic carbocycles. The molecule has 0 saturated carbocycles. The molecule has 92 valence electrons. The summed E-state index contributed by atoms with van der Waals surface area (Å²) in [7, 11) is 0. The van der Waals surface area contributed by atoms with Crippen molar-refractivity contribution in [3.05, 3.63) is 61.6 Å². The van der Waals surface area contributed by atoms with Crippen LogP contribution in [0.25, 0.3) is 0 Å². The molecule has 2 rings (SSSR count). The lowest BCUT2D eigenvalue weighted by atomic mass is 10.2. The minimum absolute atomic E-state index is 0.0917. The number of anilines is 1. The molecule has 0 heterocycles. The third-order valence-corrected chi connectivity index (χ3v) is 3.52. The molecule has 0 bridgehead atoms. The second kappa shape index (κ2) is 5.84. The number of halogens is 2. The third kappa shape index (κ3) is 3.55. The van der Waals surface area contributed by atoms with Crippen molar-refractivity contribution in [3.8, 4) is 0 Å². The van der Waals surface area contributed by atoms with Gasteiger partial charge in [-0.15, -0.1) is 0 Å². The Labute approximate surface area is 128 Å². The zero-order valence-electron chi connectivity index (χ0n) is 9.71. The minimum Gasteiger partial charge on any atom is -0.322 e. The summed E-state index contributed by atoms with van der Waals surface area (Å²) in [5, 5.41) is 2.89. The first-order valence-electron chi connectivity index (χ1n) is 5.39. The molecule has 0 aliphatic rings. The summed E-state index contributed by atoms with van der Waals surface area (Å²) in [6.07, 6.45) is 0. The Balaban J connectivity index is 2.21. The first-order chi connectivity index (χ1) is 8.54. The maximum atomic E-state index is 12.1. The molecule has 1 N–H and O–H groups in total. The molecular formula is C14H11BrINO. The van der Waals surface area contributed by atoms with Gasteiger partial charge in [0.15, 0.2) is 0 Å². The predicted octanol–water partition coefficient (Wildman–Crippen LogP) is 4.61. The smallest absolute Gasteiger partial charge is 0.255 e. The van der Waals surface area contributed by atoms with Crippen LogP contribution in [0.1, 0.15) is 15.9 Å². The van der Waals surface area contributed by atoms with Gasteiger partial charge in [-0.2, -0.15) is 0 Å². The molecule has 2 aromatic rings. The molecule has 1 amide bonds. The Bertz CT molecular complexity index is 578. The van der Waals surface area contributed by atoms with Crippen molar-refractivity contribution in [3.63, 3.8) is 0 Å². The Morgan fingerprint density at radius 1 is 1.22 bits per heavy atom. The van der Waals surface area contributed by atoms with E-state index in [1.54, 1.807) is 0 Å². The van der Waals surface area contributed by atoms with Gasteiger partial charge < -0.3 is 5.32 Å². The zero-order valence-corrected chi connectivity index (χ0v) is 13.4. The highest BCUT2D eigenvalue weighted by Crippen LogP contribution is 2.20. The van der Waals surface area contributed by atoms with Crippen molar-refractivity contribution < 1.29 is 4.79 Å². The number of benzene rings is 2. The van der Waals surface area contributed by atoms with E-state index in [0.29, 0.717) is 5.56 Å². The summed E-state index contributed by atoms with van der Waals surface area (Å²) in [6, 6.07) is 13.3. The van der Waals surface area contributed by atoms with Crippen molar-refractivity contribution >= 4 is 50.1 Å². The summed E-state index contributed by atoms with van der Waals surface area (Å²) in [4.78, 5) is 12.1. The SMILES string of the molecule is Cc1cc(Br)cc(NC(=O)c2cccc(I)c2)c1. The standard InChI is InChI=1S/C14H11BrINO/c1-9-5-11(15)8-13(6-9)17-14(18)10-3-2-4-12(16)7-10/h2-8H,1H3,(H,17,18). The first-order valence-corrected chi connectivity index (χ1v) is 7.26. The second-order valence-corrected chi connectivity index (χ2v) is 6.14. The van der Waals surface area contributed by atoms with E-state index in [2.05, 4.69) is 43.8 Å². The highest BCUT2D eigenvalue weighted by Gasteiger charge is 2.06. The van der Waals surface area contributed by atoms with Crippen LogP contribution in [0.5, 0.6) is 0 Å². The molecule has 0 spiro atoms. The summed E-state index contributed by atoms with van der Waals surface area (Å²) in [5.41, 5.74) is 2.56. The first kappa shape index (κ1) is 13.5. The van der Waals surface area contributed by atoms with Crippen molar-refractivity contribution in [2.75, 3.05) is 5.32 Å². The Hall–Kier alpha value is -0.880. The summed E-state index contributed by atoms with van der Waals surface area (Å²) in [5.74, 6) is -0.0917. The topological polar surface area (TPSA) is 29.1 Å². The van der Waals surface area contributed by atoms with Gasteiger partial charge in [-0.3, -0.25) is 4.79 Å². The number of amides is 1. The fourth-order valence-electron chi connectivity index (χ4n) is 1.64. The summed E-state index contributed by atoms with van der Waals surface area (Å²) < 4.78 is 2.01. The molecule has 0 saturated heterocycles. The van der Waals surface area contributed by atoms with Crippen LogP contribution in [0.15, 0.2) is 46.9 Å². The van der Waals surface area contributed by atoms with Crippen molar-refractivity contribution in [1.82, 2.24) is 0 Å². The van der Waals surface area contributed by atoms with Crippen LogP contribution < -0.4 is 5.32 Å². The highest BCUT2D eigenvalue weighted by atomic mass is 127. The molecule has 2 aromatic carbocycles. The second-order valence-electron chi connectivity index (χ2n) is 3.98. The van der Waals surface area contributed by atoms with Gasteiger partial charge in [0.1, 0.15) is 0 Å². The molecule has 0 fully saturated rings. The third-order valence-electron chi connectivity index (χ3n) is 2.39. The van der Waals surface area contributed by atoms with E-state index in [4.69, 9.17) is 0 Å². The molecule has 0 aliphatic heterocycles. The monoisotopic (exact) mass is 415 g/mol. The van der Waals surface area contributed by atoms with Crippen LogP contribution in [0.3, 0.4) is 0 Å². The lowest BCUT2D eigenvalue weighted by Gasteiger charge is -2.07. The summed E-state index contributed by atoms with van der Waals surface area (Å²) in [6.45, 7) is 1.99. The van der Waals surface area contributed by atoms with Gasteiger partial charge in [-0.25, -0.2) is 0 Å². The van der Waals surface area contributed by atoms with E-state index in [0.717, 1.165) is 19.3 Å². The van der Waals surface area contributed by atoms with Crippen LogP contribution in [-0.2, 0) is 0 Å². The average molecular weight is 416 g/mol. The fourth-order valence-corrected chi connectivity index (χ4v) is 2.79. The molecule has 0 atom stereocenters. The Kier molecular flexibility index (Phi) is 4.40. The van der Waals surface area contributed by atoms with Crippen molar-refractivity contribution in [1.29, 1.82) is 0 Å². The maximum Gasteiger partial charge on any atom is 0.255 e. The average Bonchev–Trinajstić information content (AvgIpc) is 2.27. The number of aryl methyl sites for hydroxylation is 1. The Morgan fingerprint density at radius 2 is 2.00 bits per heavy atom. The van der Waals surface area contributed by atoms with Gasteiger partial charge in [-0.05, 0) is 71.5 Å². The van der Waals surface area contributed by atoms with Gasteiger partial charge in [0.25, 0.3) is 5.91 Å². The highest BCUT2D eigenvalue weighted by molar-refractivity contribution is 14.1. The number of rotatable bonds is 2. The molecule has 2 nitrogen and oxygen atoms in total. The van der Waals surface area contributed by atoms with E-state index in [1.165, 1.54) is 0 Å². The minimum atomic E-state index is -0.0917. The fraction of sp³-hybridized carbons (Fsp3) is 0.0714. The van der Waals surface area contributed by atoms with Gasteiger partial charge in [-0.1, -0.05) is 22.0 Å². The number of carbonyl (C=O) groups is 1. The lowest BCUT2D eigenvalue weighted by molar-refractivity contribution is 0.102. The van der Waals surface area contributed by atoms with Crippen LogP contribution in [0.4, 0.5) is 5.69 Å². The number of carbonyl (C=O) groups excluding carboxylic acids is 1. The molecule has 4 heteroatoms. The van der Waals surface area contributed by atoms with Crippen molar-refractivity contribution in [2.45, 2.75) is 6.92 Å².